The number of hydrogen-bond acceptors (Lipinski definition) is 4. The maximum Gasteiger partial charge on any atom is 0.284 e. The topological polar surface area (TPSA) is 66.8 Å². The highest BCUT2D eigenvalue weighted by atomic mass is 79.9. The third-order valence-corrected chi connectivity index (χ3v) is 6.28. The van der Waals surface area contributed by atoms with Crippen LogP contribution < -0.4 is 0 Å². The Balaban J connectivity index is 2.37. The Labute approximate surface area is 137 Å². The molecule has 0 unspecified atom stereocenters. The van der Waals surface area contributed by atoms with Crippen molar-refractivity contribution in [3.8, 4) is 0 Å². The zero-order valence-corrected chi connectivity index (χ0v) is 14.8. The Hall–Kier alpha value is -0.860. The number of carbonyl (C=O) groups is 1. The molecule has 0 aromatic heterocycles. The highest BCUT2D eigenvalue weighted by Gasteiger charge is 2.37. The number of sulfonamides is 1. The minimum absolute atomic E-state index is 0.0743. The summed E-state index contributed by atoms with van der Waals surface area (Å²) in [5, 5.41) is 0.0149. The lowest BCUT2D eigenvalue weighted by Gasteiger charge is -2.12. The molecule has 0 radical (unpaired) electrons. The Bertz CT molecular complexity index is 671. The molecule has 1 amide bonds. The minimum Gasteiger partial charge on any atom is -0.290 e. The van der Waals surface area contributed by atoms with Crippen molar-refractivity contribution in [2.45, 2.75) is 30.4 Å². The number of carbonyl (C=O) groups excluding carboxylic acids is 1. The summed E-state index contributed by atoms with van der Waals surface area (Å²) in [4.78, 5) is 13.6. The molecule has 0 spiro atoms. The molecule has 5 nitrogen and oxygen atoms in total. The maximum atomic E-state index is 12.3. The first kappa shape index (κ1) is 16.5. The summed E-state index contributed by atoms with van der Waals surface area (Å²) in [5.41, 5.74) is 0. The van der Waals surface area contributed by atoms with Gasteiger partial charge in [-0.25, -0.2) is 0 Å². The lowest BCUT2D eigenvalue weighted by Crippen LogP contribution is -2.32. The molecule has 1 atom stereocenters. The van der Waals surface area contributed by atoms with Crippen molar-refractivity contribution in [2.75, 3.05) is 6.54 Å². The fourth-order valence-electron chi connectivity index (χ4n) is 1.89. The number of benzene rings is 1. The van der Waals surface area contributed by atoms with Crippen molar-refractivity contribution >= 4 is 48.8 Å². The average Bonchev–Trinajstić information content (AvgIpc) is 2.74. The number of thioether (sulfide) groups is 1. The molecule has 1 aromatic carbocycles. The second-order valence-electron chi connectivity index (χ2n) is 4.40. The summed E-state index contributed by atoms with van der Waals surface area (Å²) in [5.74, 6) is -0.0743. The first-order valence-corrected chi connectivity index (χ1v) is 9.59. The van der Waals surface area contributed by atoms with Crippen LogP contribution in [-0.2, 0) is 14.8 Å². The Morgan fingerprint density at radius 1 is 1.29 bits per heavy atom. The molecule has 1 fully saturated rings. The highest BCUT2D eigenvalue weighted by Crippen LogP contribution is 2.30. The van der Waals surface area contributed by atoms with Crippen LogP contribution >= 0.6 is 27.7 Å². The summed E-state index contributed by atoms with van der Waals surface area (Å²) < 4.78 is 29.3. The van der Waals surface area contributed by atoms with Crippen LogP contribution in [0.1, 0.15) is 20.3 Å². The first-order valence-electron chi connectivity index (χ1n) is 6.47. The van der Waals surface area contributed by atoms with Crippen LogP contribution in [0.3, 0.4) is 0 Å². The van der Waals surface area contributed by atoms with E-state index in [-0.39, 0.29) is 21.2 Å². The number of halogens is 1. The van der Waals surface area contributed by atoms with Gasteiger partial charge < -0.3 is 0 Å². The van der Waals surface area contributed by atoms with E-state index in [1.54, 1.807) is 19.1 Å². The molecule has 8 heteroatoms. The molecule has 0 bridgehead atoms. The van der Waals surface area contributed by atoms with Gasteiger partial charge in [0.1, 0.15) is 0 Å². The van der Waals surface area contributed by atoms with Crippen LogP contribution in [0, 0.1) is 0 Å². The molecule has 1 aliphatic heterocycles. The van der Waals surface area contributed by atoms with Gasteiger partial charge in [0.2, 0.25) is 5.91 Å². The number of hydrogen-bond donors (Lipinski definition) is 0. The number of nitrogens with zero attached hydrogens (tertiary/aromatic N) is 2. The summed E-state index contributed by atoms with van der Waals surface area (Å²) in [7, 11) is -3.81. The van der Waals surface area contributed by atoms with Gasteiger partial charge in [0.05, 0.1) is 10.1 Å². The Kier molecular flexibility index (Phi) is 5.11. The largest absolute Gasteiger partial charge is 0.290 e. The lowest BCUT2D eigenvalue weighted by atomic mass is 10.3. The van der Waals surface area contributed by atoms with Crippen molar-refractivity contribution in [3.63, 3.8) is 0 Å². The fraction of sp³-hybridized carbons (Fsp3) is 0.385. The van der Waals surface area contributed by atoms with Crippen molar-refractivity contribution in [1.29, 1.82) is 0 Å². The summed E-state index contributed by atoms with van der Waals surface area (Å²) in [6.07, 6.45) is 0.650. The first-order chi connectivity index (χ1) is 9.89. The van der Waals surface area contributed by atoms with E-state index in [1.165, 1.54) is 28.8 Å². The zero-order valence-electron chi connectivity index (χ0n) is 11.6. The van der Waals surface area contributed by atoms with Gasteiger partial charge in [-0.3, -0.25) is 9.69 Å². The normalized spacial score (nSPS) is 21.3. The molecular weight excluding hydrogens is 376 g/mol. The van der Waals surface area contributed by atoms with E-state index in [2.05, 4.69) is 20.3 Å². The van der Waals surface area contributed by atoms with Crippen molar-refractivity contribution < 1.29 is 13.2 Å². The summed E-state index contributed by atoms with van der Waals surface area (Å²) >= 11 is 4.47. The van der Waals surface area contributed by atoms with Crippen LogP contribution in [0.25, 0.3) is 0 Å². The van der Waals surface area contributed by atoms with E-state index in [0.29, 0.717) is 13.0 Å². The standard InChI is InChI=1S/C13H15BrN2O3S2/c1-3-11-12(17)16(4-2)13(20-11)15-21(18,19)10-7-5-9(14)6-8-10/h5-8,11H,3-4H2,1-2H3/t11-/m1/s1. The van der Waals surface area contributed by atoms with E-state index in [0.717, 1.165) is 4.47 Å². The second kappa shape index (κ2) is 6.50. The fourth-order valence-corrected chi connectivity index (χ4v) is 4.51. The predicted molar refractivity (Wildman–Crippen MR) is 87.8 cm³/mol. The van der Waals surface area contributed by atoms with Crippen molar-refractivity contribution in [3.05, 3.63) is 28.7 Å². The van der Waals surface area contributed by atoms with Gasteiger partial charge in [0.25, 0.3) is 10.0 Å². The predicted octanol–water partition coefficient (Wildman–Crippen LogP) is 2.87. The number of rotatable bonds is 4. The van der Waals surface area contributed by atoms with Gasteiger partial charge in [-0.15, -0.1) is 4.40 Å². The maximum absolute atomic E-state index is 12.3. The molecule has 0 N–H and O–H groups in total. The van der Waals surface area contributed by atoms with Gasteiger partial charge in [-0.1, -0.05) is 34.6 Å². The van der Waals surface area contributed by atoms with Crippen LogP contribution in [-0.4, -0.2) is 36.2 Å². The van der Waals surface area contributed by atoms with Gasteiger partial charge in [0.15, 0.2) is 5.17 Å². The highest BCUT2D eigenvalue weighted by molar-refractivity contribution is 9.10. The molecule has 1 saturated heterocycles. The monoisotopic (exact) mass is 390 g/mol. The zero-order chi connectivity index (χ0) is 15.6. The smallest absolute Gasteiger partial charge is 0.284 e. The molecule has 114 valence electrons. The van der Waals surface area contributed by atoms with Crippen LogP contribution in [0.15, 0.2) is 38.0 Å². The third-order valence-electron chi connectivity index (χ3n) is 3.02. The average molecular weight is 391 g/mol. The Morgan fingerprint density at radius 2 is 1.90 bits per heavy atom. The Morgan fingerprint density at radius 3 is 2.43 bits per heavy atom. The van der Waals surface area contributed by atoms with Crippen LogP contribution in [0.2, 0.25) is 0 Å². The summed E-state index contributed by atoms with van der Waals surface area (Å²) in [6, 6.07) is 6.26. The SMILES string of the molecule is CC[C@H]1SC(=NS(=O)(=O)c2ccc(Br)cc2)N(CC)C1=O. The molecule has 0 aliphatic carbocycles. The summed E-state index contributed by atoms with van der Waals surface area (Å²) in [6.45, 7) is 4.12. The molecular formula is C13H15BrN2O3S2. The van der Waals surface area contributed by atoms with Crippen molar-refractivity contribution in [2.24, 2.45) is 4.40 Å². The molecule has 1 aliphatic rings. The molecule has 21 heavy (non-hydrogen) atoms. The van der Waals surface area contributed by atoms with Gasteiger partial charge in [-0.05, 0) is 37.6 Å². The van der Waals surface area contributed by atoms with Gasteiger partial charge in [0, 0.05) is 11.0 Å². The minimum atomic E-state index is -3.81. The van der Waals surface area contributed by atoms with Gasteiger partial charge >= 0.3 is 0 Å². The number of amides is 1. The molecule has 1 heterocycles. The van der Waals surface area contributed by atoms with E-state index in [9.17, 15) is 13.2 Å². The van der Waals surface area contributed by atoms with E-state index < -0.39 is 10.0 Å². The molecule has 1 aromatic rings. The second-order valence-corrected chi connectivity index (χ2v) is 8.09. The quantitative estimate of drug-likeness (QED) is 0.792. The van der Waals surface area contributed by atoms with E-state index in [1.807, 2.05) is 6.92 Å². The number of amidine groups is 1. The van der Waals surface area contributed by atoms with Gasteiger partial charge in [-0.2, -0.15) is 8.42 Å². The lowest BCUT2D eigenvalue weighted by molar-refractivity contribution is -0.126. The van der Waals surface area contributed by atoms with E-state index >= 15 is 0 Å². The molecule has 0 saturated carbocycles. The molecule has 2 rings (SSSR count). The van der Waals surface area contributed by atoms with Crippen LogP contribution in [0.4, 0.5) is 0 Å². The van der Waals surface area contributed by atoms with Crippen LogP contribution in [0.5, 0.6) is 0 Å². The van der Waals surface area contributed by atoms with Crippen molar-refractivity contribution in [1.82, 2.24) is 4.90 Å². The third kappa shape index (κ3) is 3.49. The van der Waals surface area contributed by atoms with E-state index in [4.69, 9.17) is 0 Å².